The lowest BCUT2D eigenvalue weighted by Crippen LogP contribution is -2.36. The number of hydrogen-bond acceptors (Lipinski definition) is 3. The molecular formula is C15H25NO2. The van der Waals surface area contributed by atoms with E-state index in [1.54, 1.807) is 21.0 Å². The van der Waals surface area contributed by atoms with Crippen molar-refractivity contribution in [3.05, 3.63) is 23.8 Å². The Kier molecular flexibility index (Phi) is 4.63. The van der Waals surface area contributed by atoms with Gasteiger partial charge in [-0.15, -0.1) is 0 Å². The number of hydrogen-bond donors (Lipinski definition) is 1. The maximum Gasteiger partial charge on any atom is 0.142 e. The first-order valence-electron chi connectivity index (χ1n) is 6.36. The normalized spacial score (nSPS) is 11.8. The van der Waals surface area contributed by atoms with Gasteiger partial charge in [0.25, 0.3) is 0 Å². The van der Waals surface area contributed by atoms with Crippen LogP contribution < -0.4 is 9.64 Å². The van der Waals surface area contributed by atoms with E-state index in [1.807, 2.05) is 11.9 Å². The number of ether oxygens (including phenoxy) is 1. The molecule has 1 rings (SSSR count). The van der Waals surface area contributed by atoms with E-state index in [2.05, 4.69) is 32.0 Å². The van der Waals surface area contributed by atoms with Crippen molar-refractivity contribution < 1.29 is 9.84 Å². The van der Waals surface area contributed by atoms with E-state index in [4.69, 9.17) is 4.74 Å². The molecule has 0 aliphatic heterocycles. The summed E-state index contributed by atoms with van der Waals surface area (Å²) in [6.07, 6.45) is 0. The molecular weight excluding hydrogens is 226 g/mol. The highest BCUT2D eigenvalue weighted by Gasteiger charge is 2.18. The lowest BCUT2D eigenvalue weighted by atomic mass is 10.0. The molecule has 1 aromatic rings. The molecule has 0 fully saturated rings. The topological polar surface area (TPSA) is 32.7 Å². The molecule has 0 aromatic heterocycles. The van der Waals surface area contributed by atoms with Gasteiger partial charge in [0.2, 0.25) is 0 Å². The summed E-state index contributed by atoms with van der Waals surface area (Å²) < 4.78 is 5.45. The van der Waals surface area contributed by atoms with Gasteiger partial charge in [-0.3, -0.25) is 0 Å². The van der Waals surface area contributed by atoms with E-state index in [0.717, 1.165) is 11.4 Å². The van der Waals surface area contributed by atoms with Crippen LogP contribution in [0.2, 0.25) is 0 Å². The van der Waals surface area contributed by atoms with Crippen molar-refractivity contribution in [2.24, 2.45) is 0 Å². The monoisotopic (exact) mass is 251 g/mol. The minimum Gasteiger partial charge on any atom is -0.495 e. The van der Waals surface area contributed by atoms with Crippen LogP contribution in [0.15, 0.2) is 18.2 Å². The van der Waals surface area contributed by atoms with Crippen molar-refractivity contribution in [3.8, 4) is 5.75 Å². The zero-order chi connectivity index (χ0) is 13.9. The van der Waals surface area contributed by atoms with Crippen LogP contribution in [-0.2, 0) is 0 Å². The number of rotatable bonds is 5. The number of nitrogens with zero attached hydrogens (tertiary/aromatic N) is 1. The van der Waals surface area contributed by atoms with Gasteiger partial charge < -0.3 is 14.7 Å². The summed E-state index contributed by atoms with van der Waals surface area (Å²) >= 11 is 0. The molecule has 0 spiro atoms. The number of likely N-dealkylation sites (N-methyl/N-ethyl adjacent to an activating group) is 1. The van der Waals surface area contributed by atoms with Crippen LogP contribution in [0.25, 0.3) is 0 Å². The molecule has 0 atom stereocenters. The highest BCUT2D eigenvalue weighted by atomic mass is 16.5. The molecule has 3 heteroatoms. The van der Waals surface area contributed by atoms with Gasteiger partial charge >= 0.3 is 0 Å². The third kappa shape index (κ3) is 3.91. The van der Waals surface area contributed by atoms with Crippen LogP contribution in [0, 0.1) is 0 Å². The van der Waals surface area contributed by atoms with Crippen LogP contribution in [0.4, 0.5) is 5.69 Å². The van der Waals surface area contributed by atoms with Crippen molar-refractivity contribution in [2.45, 2.75) is 39.2 Å². The van der Waals surface area contributed by atoms with E-state index in [0.29, 0.717) is 12.5 Å². The lowest BCUT2D eigenvalue weighted by Gasteiger charge is -2.28. The highest BCUT2D eigenvalue weighted by Crippen LogP contribution is 2.31. The summed E-state index contributed by atoms with van der Waals surface area (Å²) in [6.45, 7) is 8.49. The van der Waals surface area contributed by atoms with E-state index in [-0.39, 0.29) is 0 Å². The number of aliphatic hydroxyl groups is 1. The third-order valence-corrected chi connectivity index (χ3v) is 2.91. The van der Waals surface area contributed by atoms with Gasteiger partial charge in [-0.25, -0.2) is 0 Å². The lowest BCUT2D eigenvalue weighted by molar-refractivity contribution is 0.0885. The third-order valence-electron chi connectivity index (χ3n) is 2.91. The molecule has 0 unspecified atom stereocenters. The Bertz CT molecular complexity index is 394. The summed E-state index contributed by atoms with van der Waals surface area (Å²) in [5.41, 5.74) is 1.53. The van der Waals surface area contributed by atoms with Crippen LogP contribution >= 0.6 is 0 Å². The number of benzene rings is 1. The number of anilines is 1. The zero-order valence-electron chi connectivity index (χ0n) is 12.3. The molecule has 1 aromatic carbocycles. The van der Waals surface area contributed by atoms with Crippen LogP contribution in [-0.4, -0.2) is 31.4 Å². The summed E-state index contributed by atoms with van der Waals surface area (Å²) in [4.78, 5) is 2.02. The molecule has 0 radical (unpaired) electrons. The Hall–Kier alpha value is -1.22. The van der Waals surface area contributed by atoms with Gasteiger partial charge in [-0.1, -0.05) is 19.9 Å². The quantitative estimate of drug-likeness (QED) is 0.873. The molecule has 0 bridgehead atoms. The minimum absolute atomic E-state index is 0.479. The number of methoxy groups -OCH3 is 1. The van der Waals surface area contributed by atoms with Crippen molar-refractivity contribution in [1.29, 1.82) is 0 Å². The molecule has 0 amide bonds. The second-order valence-electron chi connectivity index (χ2n) is 5.75. The summed E-state index contributed by atoms with van der Waals surface area (Å²) in [6, 6.07) is 6.24. The molecule has 0 aliphatic rings. The van der Waals surface area contributed by atoms with Gasteiger partial charge in [0.1, 0.15) is 5.75 Å². The first kappa shape index (κ1) is 14.8. The fourth-order valence-electron chi connectivity index (χ4n) is 2.03. The predicted molar refractivity (Wildman–Crippen MR) is 76.7 cm³/mol. The Morgan fingerprint density at radius 2 is 1.94 bits per heavy atom. The molecule has 18 heavy (non-hydrogen) atoms. The molecule has 1 N–H and O–H groups in total. The van der Waals surface area contributed by atoms with Gasteiger partial charge in [-0.05, 0) is 37.5 Å². The van der Waals surface area contributed by atoms with Crippen molar-refractivity contribution in [1.82, 2.24) is 0 Å². The fraction of sp³-hybridized carbons (Fsp3) is 0.600. The average molecular weight is 251 g/mol. The minimum atomic E-state index is -0.726. The predicted octanol–water partition coefficient (Wildman–Crippen LogP) is 3.03. The van der Waals surface area contributed by atoms with Gasteiger partial charge in [-0.2, -0.15) is 0 Å². The van der Waals surface area contributed by atoms with Crippen molar-refractivity contribution in [3.63, 3.8) is 0 Å². The van der Waals surface area contributed by atoms with Gasteiger partial charge in [0.15, 0.2) is 0 Å². The van der Waals surface area contributed by atoms with E-state index in [9.17, 15) is 5.11 Å². The summed E-state index contributed by atoms with van der Waals surface area (Å²) in [7, 11) is 3.64. The largest absolute Gasteiger partial charge is 0.495 e. The molecule has 0 aliphatic carbocycles. The van der Waals surface area contributed by atoms with Crippen LogP contribution in [0.3, 0.4) is 0 Å². The Labute approximate surface area is 110 Å². The highest BCUT2D eigenvalue weighted by molar-refractivity contribution is 5.59. The van der Waals surface area contributed by atoms with E-state index < -0.39 is 5.60 Å². The van der Waals surface area contributed by atoms with Crippen molar-refractivity contribution in [2.75, 3.05) is 25.6 Å². The second-order valence-corrected chi connectivity index (χ2v) is 5.75. The smallest absolute Gasteiger partial charge is 0.142 e. The molecule has 0 saturated heterocycles. The maximum atomic E-state index is 9.87. The molecule has 102 valence electrons. The van der Waals surface area contributed by atoms with Crippen molar-refractivity contribution >= 4 is 5.69 Å². The first-order valence-corrected chi connectivity index (χ1v) is 6.36. The Morgan fingerprint density at radius 3 is 2.39 bits per heavy atom. The van der Waals surface area contributed by atoms with Crippen LogP contribution in [0.1, 0.15) is 39.2 Å². The van der Waals surface area contributed by atoms with Crippen LogP contribution in [0.5, 0.6) is 5.75 Å². The van der Waals surface area contributed by atoms with E-state index in [1.165, 1.54) is 5.56 Å². The van der Waals surface area contributed by atoms with Gasteiger partial charge in [0, 0.05) is 13.6 Å². The van der Waals surface area contributed by atoms with Gasteiger partial charge in [0.05, 0.1) is 18.4 Å². The average Bonchev–Trinajstić information content (AvgIpc) is 2.25. The zero-order valence-corrected chi connectivity index (χ0v) is 12.3. The Morgan fingerprint density at radius 1 is 1.33 bits per heavy atom. The molecule has 0 heterocycles. The first-order chi connectivity index (χ1) is 8.24. The standard InChI is InChI=1S/C15H25NO2/c1-11(2)12-7-8-13(14(9-12)18-6)16(5)10-15(3,4)17/h7-9,11,17H,10H2,1-6H3. The molecule has 3 nitrogen and oxygen atoms in total. The second kappa shape index (κ2) is 5.61. The fourth-order valence-corrected chi connectivity index (χ4v) is 2.03. The summed E-state index contributed by atoms with van der Waals surface area (Å²) in [5, 5.41) is 9.87. The molecule has 0 saturated carbocycles. The maximum absolute atomic E-state index is 9.87. The Balaban J connectivity index is 3.02. The SMILES string of the molecule is COc1cc(C(C)C)ccc1N(C)CC(C)(C)O. The summed E-state index contributed by atoms with van der Waals surface area (Å²) in [5.74, 6) is 1.33. The van der Waals surface area contributed by atoms with E-state index >= 15 is 0 Å².